The molecule has 0 saturated heterocycles. The van der Waals surface area contributed by atoms with Crippen LogP contribution < -0.4 is 11.1 Å². The molecule has 0 bridgehead atoms. The normalized spacial score (nSPS) is 24.4. The van der Waals surface area contributed by atoms with Crippen molar-refractivity contribution in [2.75, 3.05) is 0 Å². The molecular formula is C9H11N3O2. The van der Waals surface area contributed by atoms with E-state index in [9.17, 15) is 9.90 Å². The number of hydrogen-bond donors (Lipinski definition) is 3. The number of carbonyl (C=O) groups excluding carboxylic acids is 1. The maximum Gasteiger partial charge on any atom is 0.274 e. The van der Waals surface area contributed by atoms with Crippen molar-refractivity contribution >= 4 is 5.91 Å². The van der Waals surface area contributed by atoms with E-state index in [2.05, 4.69) is 10.3 Å². The molecule has 1 aromatic heterocycles. The zero-order chi connectivity index (χ0) is 10.1. The summed E-state index contributed by atoms with van der Waals surface area (Å²) in [7, 11) is 0. The van der Waals surface area contributed by atoms with Crippen molar-refractivity contribution in [2.24, 2.45) is 5.73 Å². The molecule has 0 aliphatic heterocycles. The van der Waals surface area contributed by atoms with E-state index in [4.69, 9.17) is 5.73 Å². The van der Waals surface area contributed by atoms with Crippen LogP contribution in [0.2, 0.25) is 0 Å². The zero-order valence-corrected chi connectivity index (χ0v) is 7.47. The van der Waals surface area contributed by atoms with Gasteiger partial charge in [-0.3, -0.25) is 4.79 Å². The van der Waals surface area contributed by atoms with Crippen molar-refractivity contribution in [1.29, 1.82) is 0 Å². The molecular weight excluding hydrogens is 182 g/mol. The van der Waals surface area contributed by atoms with Crippen LogP contribution in [-0.4, -0.2) is 28.1 Å². The molecule has 74 valence electrons. The standard InChI is InChI=1S/C9H11N3O2/c10-5-4-6(5)12-9(14)8-7(13)2-1-3-11-8/h1-3,5-6,13H,4,10H2,(H,12,14). The fraction of sp³-hybridized carbons (Fsp3) is 0.333. The van der Waals surface area contributed by atoms with Gasteiger partial charge in [0.05, 0.1) is 0 Å². The van der Waals surface area contributed by atoms with Gasteiger partial charge in [-0.1, -0.05) is 0 Å². The Morgan fingerprint density at radius 1 is 1.71 bits per heavy atom. The average molecular weight is 193 g/mol. The summed E-state index contributed by atoms with van der Waals surface area (Å²) in [5, 5.41) is 12.0. The van der Waals surface area contributed by atoms with Gasteiger partial charge in [-0.25, -0.2) is 4.98 Å². The minimum Gasteiger partial charge on any atom is -0.505 e. The molecule has 0 radical (unpaired) electrons. The third-order valence-corrected chi connectivity index (χ3v) is 2.16. The molecule has 1 fully saturated rings. The number of nitrogens with one attached hydrogen (secondary N) is 1. The minimum atomic E-state index is -0.374. The van der Waals surface area contributed by atoms with Crippen LogP contribution in [0.4, 0.5) is 0 Å². The number of amides is 1. The maximum absolute atomic E-state index is 11.5. The summed E-state index contributed by atoms with van der Waals surface area (Å²) in [5.41, 5.74) is 5.58. The Hall–Kier alpha value is -1.62. The number of pyridine rings is 1. The van der Waals surface area contributed by atoms with Crippen LogP contribution in [0.25, 0.3) is 0 Å². The van der Waals surface area contributed by atoms with Crippen molar-refractivity contribution < 1.29 is 9.90 Å². The smallest absolute Gasteiger partial charge is 0.274 e. The highest BCUT2D eigenvalue weighted by Gasteiger charge is 2.35. The van der Waals surface area contributed by atoms with Crippen LogP contribution >= 0.6 is 0 Å². The lowest BCUT2D eigenvalue weighted by atomic mass is 10.3. The van der Waals surface area contributed by atoms with Crippen molar-refractivity contribution in [1.82, 2.24) is 10.3 Å². The molecule has 1 aliphatic carbocycles. The monoisotopic (exact) mass is 193 g/mol. The molecule has 1 aromatic rings. The van der Waals surface area contributed by atoms with Crippen molar-refractivity contribution in [2.45, 2.75) is 18.5 Å². The van der Waals surface area contributed by atoms with E-state index in [1.54, 1.807) is 6.07 Å². The SMILES string of the molecule is NC1CC1NC(=O)c1ncccc1O. The highest BCUT2D eigenvalue weighted by atomic mass is 16.3. The Morgan fingerprint density at radius 3 is 3.00 bits per heavy atom. The first kappa shape index (κ1) is 8.96. The fourth-order valence-electron chi connectivity index (χ4n) is 1.19. The molecule has 1 aliphatic rings. The second-order valence-electron chi connectivity index (χ2n) is 3.35. The zero-order valence-electron chi connectivity index (χ0n) is 7.47. The van der Waals surface area contributed by atoms with Crippen LogP contribution in [-0.2, 0) is 0 Å². The van der Waals surface area contributed by atoms with Crippen molar-refractivity contribution in [3.63, 3.8) is 0 Å². The molecule has 1 heterocycles. The average Bonchev–Trinajstić information content (AvgIpc) is 2.82. The summed E-state index contributed by atoms with van der Waals surface area (Å²) in [6.45, 7) is 0. The van der Waals surface area contributed by atoms with Gasteiger partial charge >= 0.3 is 0 Å². The first-order valence-electron chi connectivity index (χ1n) is 4.39. The molecule has 0 aromatic carbocycles. The molecule has 1 saturated carbocycles. The van der Waals surface area contributed by atoms with E-state index in [1.807, 2.05) is 0 Å². The summed E-state index contributed by atoms with van der Waals surface area (Å²) in [4.78, 5) is 15.3. The topological polar surface area (TPSA) is 88.2 Å². The van der Waals surface area contributed by atoms with Gasteiger partial charge in [0.2, 0.25) is 0 Å². The number of rotatable bonds is 2. The van der Waals surface area contributed by atoms with Crippen LogP contribution in [0.15, 0.2) is 18.3 Å². The van der Waals surface area contributed by atoms with Crippen LogP contribution in [0.1, 0.15) is 16.9 Å². The quantitative estimate of drug-likeness (QED) is 0.597. The Morgan fingerprint density at radius 2 is 2.43 bits per heavy atom. The van der Waals surface area contributed by atoms with Gasteiger partial charge in [0.25, 0.3) is 5.91 Å². The van der Waals surface area contributed by atoms with Crippen LogP contribution in [0, 0.1) is 0 Å². The van der Waals surface area contributed by atoms with Gasteiger partial charge in [-0.2, -0.15) is 0 Å². The number of nitrogens with two attached hydrogens (primary N) is 1. The van der Waals surface area contributed by atoms with Crippen LogP contribution in [0.3, 0.4) is 0 Å². The number of hydrogen-bond acceptors (Lipinski definition) is 4. The van der Waals surface area contributed by atoms with Gasteiger partial charge in [0, 0.05) is 18.3 Å². The van der Waals surface area contributed by atoms with Gasteiger partial charge in [-0.05, 0) is 18.6 Å². The summed E-state index contributed by atoms with van der Waals surface area (Å²) in [6, 6.07) is 3.07. The Kier molecular flexibility index (Phi) is 2.09. The minimum absolute atomic E-state index is 0.0314. The van der Waals surface area contributed by atoms with Gasteiger partial charge in [-0.15, -0.1) is 0 Å². The van der Waals surface area contributed by atoms with Crippen LogP contribution in [0.5, 0.6) is 5.75 Å². The second-order valence-corrected chi connectivity index (χ2v) is 3.35. The summed E-state index contributed by atoms with van der Waals surface area (Å²) >= 11 is 0. The summed E-state index contributed by atoms with van der Waals surface area (Å²) in [5.74, 6) is -0.486. The first-order valence-corrected chi connectivity index (χ1v) is 4.39. The third-order valence-electron chi connectivity index (χ3n) is 2.16. The molecule has 2 rings (SSSR count). The first-order chi connectivity index (χ1) is 6.68. The van der Waals surface area contributed by atoms with E-state index in [-0.39, 0.29) is 29.4 Å². The van der Waals surface area contributed by atoms with Gasteiger partial charge in [0.15, 0.2) is 5.69 Å². The Labute approximate surface area is 81.0 Å². The molecule has 5 nitrogen and oxygen atoms in total. The lowest BCUT2D eigenvalue weighted by molar-refractivity contribution is 0.0942. The highest BCUT2D eigenvalue weighted by Crippen LogP contribution is 2.19. The molecule has 4 N–H and O–H groups in total. The third kappa shape index (κ3) is 1.67. The number of nitrogens with zero attached hydrogens (tertiary/aromatic N) is 1. The Balaban J connectivity index is 2.07. The number of carbonyl (C=O) groups is 1. The largest absolute Gasteiger partial charge is 0.505 e. The number of aromatic nitrogens is 1. The Bertz CT molecular complexity index is 367. The van der Waals surface area contributed by atoms with E-state index >= 15 is 0 Å². The second kappa shape index (κ2) is 3.26. The van der Waals surface area contributed by atoms with Crippen molar-refractivity contribution in [3.05, 3.63) is 24.0 Å². The molecule has 2 unspecified atom stereocenters. The van der Waals surface area contributed by atoms with E-state index in [1.165, 1.54) is 12.3 Å². The predicted octanol–water partition coefficient (Wildman–Crippen LogP) is -0.383. The van der Waals surface area contributed by atoms with E-state index < -0.39 is 0 Å². The molecule has 1 amide bonds. The van der Waals surface area contributed by atoms with Gasteiger partial charge < -0.3 is 16.2 Å². The van der Waals surface area contributed by atoms with Gasteiger partial charge in [0.1, 0.15) is 5.75 Å². The molecule has 5 heteroatoms. The fourth-order valence-corrected chi connectivity index (χ4v) is 1.19. The molecule has 14 heavy (non-hydrogen) atoms. The van der Waals surface area contributed by atoms with E-state index in [0.717, 1.165) is 6.42 Å². The van der Waals surface area contributed by atoms with Crippen molar-refractivity contribution in [3.8, 4) is 5.75 Å². The lowest BCUT2D eigenvalue weighted by Gasteiger charge is -2.03. The number of aromatic hydroxyl groups is 1. The lowest BCUT2D eigenvalue weighted by Crippen LogP contribution is -2.30. The predicted molar refractivity (Wildman–Crippen MR) is 49.7 cm³/mol. The summed E-state index contributed by atoms with van der Waals surface area (Å²) in [6.07, 6.45) is 2.25. The summed E-state index contributed by atoms with van der Waals surface area (Å²) < 4.78 is 0. The highest BCUT2D eigenvalue weighted by molar-refractivity contribution is 5.95. The maximum atomic E-state index is 11.5. The molecule has 0 spiro atoms. The molecule has 2 atom stereocenters. The van der Waals surface area contributed by atoms with E-state index in [0.29, 0.717) is 0 Å².